The van der Waals surface area contributed by atoms with Gasteiger partial charge in [0.1, 0.15) is 0 Å². The van der Waals surface area contributed by atoms with Crippen LogP contribution in [-0.4, -0.2) is 82.7 Å². The molecular weight excluding hydrogens is 502 g/mol. The Morgan fingerprint density at radius 2 is 1.85 bits per heavy atom. The SMILES string of the molecule is COC1(c2ccc(-c3cc4c(N5CCN(C(=O)C6CC(C#N)C6)CC5)ccnn4c3)nc2)CCN(C(C)C)CC1. The smallest absolute Gasteiger partial charge is 0.225 e. The van der Waals surface area contributed by atoms with Gasteiger partial charge in [-0.2, -0.15) is 10.4 Å². The Bertz CT molecular complexity index is 1390. The Kier molecular flexibility index (Phi) is 7.24. The summed E-state index contributed by atoms with van der Waals surface area (Å²) in [6.07, 6.45) is 9.21. The van der Waals surface area contributed by atoms with Gasteiger partial charge in [0.25, 0.3) is 0 Å². The highest BCUT2D eigenvalue weighted by Gasteiger charge is 2.38. The lowest BCUT2D eigenvalue weighted by Gasteiger charge is -2.42. The molecular formula is C31H39N7O2. The minimum Gasteiger partial charge on any atom is -0.373 e. The van der Waals surface area contributed by atoms with Crippen LogP contribution in [0.2, 0.25) is 0 Å². The molecule has 1 amide bonds. The van der Waals surface area contributed by atoms with Crippen molar-refractivity contribution in [2.75, 3.05) is 51.3 Å². The molecule has 0 N–H and O–H groups in total. The quantitative estimate of drug-likeness (QED) is 0.467. The van der Waals surface area contributed by atoms with Crippen molar-refractivity contribution < 1.29 is 9.53 Å². The van der Waals surface area contributed by atoms with Crippen LogP contribution in [0, 0.1) is 23.2 Å². The van der Waals surface area contributed by atoms with Crippen LogP contribution in [0.4, 0.5) is 5.69 Å². The summed E-state index contributed by atoms with van der Waals surface area (Å²) in [6, 6.07) is 11.3. The molecule has 3 fully saturated rings. The predicted octanol–water partition coefficient (Wildman–Crippen LogP) is 3.94. The number of anilines is 1. The van der Waals surface area contributed by atoms with E-state index >= 15 is 0 Å². The molecule has 0 bridgehead atoms. The second-order valence-corrected chi connectivity index (χ2v) is 11.8. The number of piperazine rings is 1. The molecule has 0 spiro atoms. The summed E-state index contributed by atoms with van der Waals surface area (Å²) in [6.45, 7) is 9.51. The Morgan fingerprint density at radius 1 is 1.10 bits per heavy atom. The fourth-order valence-corrected chi connectivity index (χ4v) is 6.60. The van der Waals surface area contributed by atoms with E-state index in [2.05, 4.69) is 59.1 Å². The Balaban J connectivity index is 1.15. The van der Waals surface area contributed by atoms with Gasteiger partial charge in [0.15, 0.2) is 0 Å². The standard InChI is InChI=1S/C31H39N7O2/c1-22(2)35-10-7-31(40-3,8-11-35)26-4-5-27(33-20-26)25-18-29-28(6-9-34-38(29)21-25)36-12-14-37(15-13-36)30(39)24-16-23(17-24)19-32/h4-6,9,18,20-24H,7-8,10-17H2,1-3H3. The molecule has 0 unspecified atom stereocenters. The fraction of sp³-hybridized carbons (Fsp3) is 0.548. The third-order valence-corrected chi connectivity index (χ3v) is 9.40. The predicted molar refractivity (Wildman–Crippen MR) is 154 cm³/mol. The van der Waals surface area contributed by atoms with E-state index in [1.54, 1.807) is 0 Å². The monoisotopic (exact) mass is 541 g/mol. The van der Waals surface area contributed by atoms with Crippen molar-refractivity contribution in [3.8, 4) is 17.3 Å². The van der Waals surface area contributed by atoms with E-state index in [0.29, 0.717) is 32.0 Å². The lowest BCUT2D eigenvalue weighted by Crippen LogP contribution is -2.52. The Morgan fingerprint density at radius 3 is 2.48 bits per heavy atom. The zero-order valence-corrected chi connectivity index (χ0v) is 23.8. The minimum atomic E-state index is -0.281. The van der Waals surface area contributed by atoms with Crippen LogP contribution in [0.1, 0.15) is 45.1 Å². The average Bonchev–Trinajstić information content (AvgIpc) is 3.41. The van der Waals surface area contributed by atoms with E-state index in [0.717, 1.165) is 67.0 Å². The number of hydrogen-bond donors (Lipinski definition) is 0. The number of carbonyl (C=O) groups is 1. The molecule has 0 atom stereocenters. The molecule has 1 saturated carbocycles. The van der Waals surface area contributed by atoms with E-state index in [-0.39, 0.29) is 23.3 Å². The van der Waals surface area contributed by atoms with Crippen LogP contribution in [-0.2, 0) is 15.1 Å². The van der Waals surface area contributed by atoms with E-state index < -0.39 is 0 Å². The Hall–Kier alpha value is -3.48. The van der Waals surface area contributed by atoms with E-state index in [1.807, 2.05) is 35.1 Å². The summed E-state index contributed by atoms with van der Waals surface area (Å²) in [5.74, 6) is 0.299. The molecule has 6 rings (SSSR count). The van der Waals surface area contributed by atoms with Gasteiger partial charge in [-0.05, 0) is 57.7 Å². The first-order chi connectivity index (χ1) is 19.4. The molecule has 1 aliphatic carbocycles. The van der Waals surface area contributed by atoms with E-state index in [9.17, 15) is 4.79 Å². The highest BCUT2D eigenvalue weighted by molar-refractivity contribution is 5.81. The van der Waals surface area contributed by atoms with Crippen molar-refractivity contribution >= 4 is 17.1 Å². The zero-order valence-electron chi connectivity index (χ0n) is 23.8. The highest BCUT2D eigenvalue weighted by Crippen LogP contribution is 2.38. The maximum atomic E-state index is 12.8. The number of rotatable bonds is 6. The topological polar surface area (TPSA) is 90.0 Å². The van der Waals surface area contributed by atoms with Gasteiger partial charge in [-0.1, -0.05) is 6.07 Å². The molecule has 3 aliphatic rings. The van der Waals surface area contributed by atoms with E-state index in [1.165, 1.54) is 0 Å². The number of aromatic nitrogens is 3. The largest absolute Gasteiger partial charge is 0.373 e. The second kappa shape index (κ2) is 10.8. The fourth-order valence-electron chi connectivity index (χ4n) is 6.60. The maximum absolute atomic E-state index is 12.8. The molecule has 9 heteroatoms. The summed E-state index contributed by atoms with van der Waals surface area (Å²) >= 11 is 0. The third-order valence-electron chi connectivity index (χ3n) is 9.40. The summed E-state index contributed by atoms with van der Waals surface area (Å²) < 4.78 is 8.02. The first kappa shape index (κ1) is 26.7. The number of likely N-dealkylation sites (tertiary alicyclic amines) is 1. The Labute approximate surface area is 236 Å². The molecule has 3 aromatic heterocycles. The summed E-state index contributed by atoms with van der Waals surface area (Å²) in [7, 11) is 1.82. The molecule has 40 heavy (non-hydrogen) atoms. The van der Waals surface area contributed by atoms with Crippen LogP contribution in [0.25, 0.3) is 16.8 Å². The lowest BCUT2D eigenvalue weighted by molar-refractivity contribution is -0.139. The summed E-state index contributed by atoms with van der Waals surface area (Å²) in [5.41, 5.74) is 4.96. The molecule has 3 aromatic rings. The first-order valence-corrected chi connectivity index (χ1v) is 14.6. The number of nitriles is 1. The lowest BCUT2D eigenvalue weighted by atomic mass is 9.75. The van der Waals surface area contributed by atoms with Gasteiger partial charge in [0, 0.05) is 94.0 Å². The number of carbonyl (C=O) groups excluding carboxylic acids is 1. The number of hydrogen-bond acceptors (Lipinski definition) is 7. The van der Waals surface area contributed by atoms with Gasteiger partial charge in [-0.3, -0.25) is 9.78 Å². The van der Waals surface area contributed by atoms with Gasteiger partial charge in [0.2, 0.25) is 5.91 Å². The van der Waals surface area contributed by atoms with Gasteiger partial charge in [-0.25, -0.2) is 4.52 Å². The van der Waals surface area contributed by atoms with Gasteiger partial charge >= 0.3 is 0 Å². The third kappa shape index (κ3) is 4.84. The van der Waals surface area contributed by atoms with E-state index in [4.69, 9.17) is 15.0 Å². The van der Waals surface area contributed by atoms with Crippen LogP contribution in [0.3, 0.4) is 0 Å². The molecule has 5 heterocycles. The molecule has 0 radical (unpaired) electrons. The van der Waals surface area contributed by atoms with Crippen molar-refractivity contribution in [3.05, 3.63) is 48.4 Å². The molecule has 2 aliphatic heterocycles. The summed E-state index contributed by atoms with van der Waals surface area (Å²) in [5, 5.41) is 13.6. The molecule has 0 aromatic carbocycles. The van der Waals surface area contributed by atoms with Crippen LogP contribution >= 0.6 is 0 Å². The first-order valence-electron chi connectivity index (χ1n) is 14.6. The number of amides is 1. The van der Waals surface area contributed by atoms with Crippen molar-refractivity contribution in [2.24, 2.45) is 11.8 Å². The maximum Gasteiger partial charge on any atom is 0.225 e. The summed E-state index contributed by atoms with van der Waals surface area (Å²) in [4.78, 5) is 24.5. The van der Waals surface area contributed by atoms with Crippen molar-refractivity contribution in [1.82, 2.24) is 24.4 Å². The average molecular weight is 542 g/mol. The highest BCUT2D eigenvalue weighted by atomic mass is 16.5. The number of fused-ring (bicyclic) bond motifs is 1. The number of piperidine rings is 1. The molecule has 9 nitrogen and oxygen atoms in total. The van der Waals surface area contributed by atoms with Crippen molar-refractivity contribution in [1.29, 1.82) is 5.26 Å². The number of ether oxygens (including phenoxy) is 1. The van der Waals surface area contributed by atoms with Gasteiger partial charge < -0.3 is 19.4 Å². The number of pyridine rings is 1. The van der Waals surface area contributed by atoms with Crippen LogP contribution in [0.5, 0.6) is 0 Å². The second-order valence-electron chi connectivity index (χ2n) is 11.8. The zero-order chi connectivity index (χ0) is 27.9. The van der Waals surface area contributed by atoms with Gasteiger partial charge in [0.05, 0.1) is 28.6 Å². The molecule has 2 saturated heterocycles. The van der Waals surface area contributed by atoms with Crippen LogP contribution < -0.4 is 4.90 Å². The van der Waals surface area contributed by atoms with Gasteiger partial charge in [-0.15, -0.1) is 0 Å². The van der Waals surface area contributed by atoms with Crippen LogP contribution in [0.15, 0.2) is 42.9 Å². The normalized spacial score (nSPS) is 23.3. The minimum absolute atomic E-state index is 0.0301. The number of methoxy groups -OCH3 is 1. The van der Waals surface area contributed by atoms with Crippen molar-refractivity contribution in [3.63, 3.8) is 0 Å². The molecule has 210 valence electrons. The van der Waals surface area contributed by atoms with Crippen molar-refractivity contribution in [2.45, 2.75) is 51.2 Å². The number of nitrogens with zero attached hydrogens (tertiary/aromatic N) is 7.